The van der Waals surface area contributed by atoms with E-state index in [4.69, 9.17) is 25.1 Å². The third-order valence-corrected chi connectivity index (χ3v) is 9.08. The largest absolute Gasteiger partial charge is 2.00 e. The van der Waals surface area contributed by atoms with E-state index in [0.717, 1.165) is 0 Å². The Morgan fingerprint density at radius 2 is 1.42 bits per heavy atom. The summed E-state index contributed by atoms with van der Waals surface area (Å²) in [6.07, 6.45) is 13.8. The molecule has 1 atom stereocenters. The Morgan fingerprint density at radius 3 is 1.77 bits per heavy atom. The van der Waals surface area contributed by atoms with Crippen LogP contribution in [0.4, 0.5) is 0 Å². The Labute approximate surface area is 224 Å². The molecule has 1 aromatic heterocycles. The molecular formula is C24H50Cl2CrFeN2Si-2. The monoisotopic (exact) mass is 572 g/mol. The molecule has 0 bridgehead atoms. The number of hydrogen-bond acceptors (Lipinski definition) is 2. The van der Waals surface area contributed by atoms with Gasteiger partial charge in [0.05, 0.1) is 0 Å². The fraction of sp³-hybridized carbons (Fsp3) is 0.625. The van der Waals surface area contributed by atoms with Crippen LogP contribution in [0, 0.1) is 28.7 Å². The summed E-state index contributed by atoms with van der Waals surface area (Å²) in [7, 11) is 12.5. The number of pyridine rings is 1. The molecule has 0 N–H and O–H groups in total. The van der Waals surface area contributed by atoms with Gasteiger partial charge >= 0.3 is 50.5 Å². The van der Waals surface area contributed by atoms with Crippen LogP contribution in [0.1, 0.15) is 77.8 Å². The van der Waals surface area contributed by atoms with Crippen molar-refractivity contribution in [1.29, 1.82) is 0 Å². The van der Waals surface area contributed by atoms with E-state index < -0.39 is 8.24 Å². The summed E-state index contributed by atoms with van der Waals surface area (Å²) in [5, 5.41) is 1.31. The minimum Gasteiger partial charge on any atom is 2.00 e. The van der Waals surface area contributed by atoms with Crippen molar-refractivity contribution < 1.29 is 30.4 Å². The maximum atomic E-state index is 4.94. The molecule has 0 saturated heterocycles. The van der Waals surface area contributed by atoms with Crippen molar-refractivity contribution in [3.63, 3.8) is 0 Å². The number of hydrogen-bond donors (Lipinski definition) is 0. The molecule has 190 valence electrons. The summed E-state index contributed by atoms with van der Waals surface area (Å²) in [6, 6.07) is 6.57. The second kappa shape index (κ2) is 25.6. The molecule has 0 radical (unpaired) electrons. The van der Waals surface area contributed by atoms with Crippen molar-refractivity contribution in [1.82, 2.24) is 9.55 Å². The van der Waals surface area contributed by atoms with Gasteiger partial charge in [0.2, 0.25) is 0 Å². The van der Waals surface area contributed by atoms with Crippen LogP contribution in [0.5, 0.6) is 0 Å². The topological polar surface area (TPSA) is 16.1 Å². The van der Waals surface area contributed by atoms with Gasteiger partial charge in [-0.1, -0.05) is 79.0 Å². The second-order valence-electron chi connectivity index (χ2n) is 7.50. The van der Waals surface area contributed by atoms with E-state index in [1.54, 1.807) is 0 Å². The predicted molar refractivity (Wildman–Crippen MR) is 143 cm³/mol. The van der Waals surface area contributed by atoms with Crippen molar-refractivity contribution in [3.8, 4) is 0 Å². The third-order valence-electron chi connectivity index (χ3n) is 5.32. The Hall–Kier alpha value is 0.959. The van der Waals surface area contributed by atoms with E-state index >= 15 is 0 Å². The molecule has 1 aromatic rings. The number of nitrogens with zero attached hydrogens (tertiary/aromatic N) is 2. The maximum absolute atomic E-state index is 4.94. The van der Waals surface area contributed by atoms with E-state index in [1.807, 2.05) is 0 Å². The van der Waals surface area contributed by atoms with E-state index in [-0.39, 0.29) is 67.6 Å². The molecule has 7 heteroatoms. The number of rotatable bonds is 3. The molecule has 2 nitrogen and oxygen atoms in total. The van der Waals surface area contributed by atoms with Crippen molar-refractivity contribution in [2.24, 2.45) is 0 Å². The van der Waals surface area contributed by atoms with Gasteiger partial charge in [-0.15, -0.1) is 5.92 Å². The molecule has 3 rings (SSSR count). The van der Waals surface area contributed by atoms with Gasteiger partial charge < -0.3 is 33.3 Å². The SMILES string of the molecule is C.C.C1CCCC1.CN(C)[Si](C)(C)c1cccc(C2[CH-]CCC2)n1.[CH3-].[CH3-].[CH3-].[Cl][Cr][Cl].[Fe+2]. The summed E-state index contributed by atoms with van der Waals surface area (Å²) in [5.41, 5.74) is 1.28. The van der Waals surface area contributed by atoms with Gasteiger partial charge in [0.25, 0.3) is 0 Å². The van der Waals surface area contributed by atoms with Gasteiger partial charge in [0, 0.05) is 11.0 Å². The van der Waals surface area contributed by atoms with Crippen LogP contribution >= 0.6 is 20.1 Å². The third kappa shape index (κ3) is 17.1. The van der Waals surface area contributed by atoms with Crippen LogP contribution in [0.2, 0.25) is 13.1 Å². The zero-order chi connectivity index (χ0) is 18.7. The van der Waals surface area contributed by atoms with Gasteiger partial charge in [0.1, 0.15) is 0 Å². The maximum Gasteiger partial charge on any atom is 2.00 e. The van der Waals surface area contributed by atoms with Crippen molar-refractivity contribution in [2.45, 2.75) is 85.2 Å². The zero-order valence-corrected chi connectivity index (χ0v) is 24.3. The Balaban J connectivity index is -0.0000000968. The number of halogens is 2. The fourth-order valence-corrected chi connectivity index (χ4v) is 4.52. The van der Waals surface area contributed by atoms with Crippen LogP contribution in [0.25, 0.3) is 0 Å². The van der Waals surface area contributed by atoms with Crippen LogP contribution in [0.15, 0.2) is 18.2 Å². The van der Waals surface area contributed by atoms with Gasteiger partial charge in [-0.3, -0.25) is 4.98 Å². The molecule has 1 heterocycles. The fourth-order valence-electron chi connectivity index (χ4n) is 3.15. The van der Waals surface area contributed by atoms with Crippen LogP contribution < -0.4 is 5.32 Å². The van der Waals surface area contributed by atoms with Crippen molar-refractivity contribution in [2.75, 3.05) is 14.1 Å². The first-order chi connectivity index (χ1) is 11.9. The molecule has 0 amide bonds. The first-order valence-electron chi connectivity index (χ1n) is 9.31. The van der Waals surface area contributed by atoms with Gasteiger partial charge in [-0.2, -0.15) is 6.42 Å². The molecule has 0 spiro atoms. The van der Waals surface area contributed by atoms with Crippen LogP contribution in [-0.4, -0.2) is 31.9 Å². The molecule has 31 heavy (non-hydrogen) atoms. The van der Waals surface area contributed by atoms with Crippen LogP contribution in [-0.2, 0) is 30.4 Å². The standard InChI is InChI=1S/C14H23N2Si.C5H10.2CH4.3CH3.2ClH.Cr.Fe/c1-16(2)17(3,4)14-11-7-10-13(15-14)12-8-5-6-9-12;1-2-4-5-3-1;;;;;;;;;/h7-8,10-12H,5-6,9H2,1-4H3;1-5H2;2*1H4;3*1H3;2*1H;;/q-1;;;;3*-1;;;2*+2/p-2. The zero-order valence-electron chi connectivity index (χ0n) is 19.5. The summed E-state index contributed by atoms with van der Waals surface area (Å²) < 4.78 is 2.36. The normalized spacial score (nSPS) is 16.0. The summed E-state index contributed by atoms with van der Waals surface area (Å²) in [4.78, 5) is 4.94. The van der Waals surface area contributed by atoms with E-state index in [0.29, 0.717) is 5.92 Å². The molecule has 1 unspecified atom stereocenters. The quantitative estimate of drug-likeness (QED) is 0.266. The predicted octanol–water partition coefficient (Wildman–Crippen LogP) is 8.47. The first kappa shape index (κ1) is 45.5. The average molecular weight is 574 g/mol. The van der Waals surface area contributed by atoms with Gasteiger partial charge in [-0.05, 0) is 26.2 Å². The van der Waals surface area contributed by atoms with Crippen molar-refractivity contribution in [3.05, 3.63) is 52.6 Å². The summed E-state index contributed by atoms with van der Waals surface area (Å²) in [6.45, 7) is 4.72. The van der Waals surface area contributed by atoms with Crippen LogP contribution in [0.3, 0.4) is 0 Å². The minimum atomic E-state index is -1.53. The smallest absolute Gasteiger partial charge is 2.00 e. The average Bonchev–Trinajstić information content (AvgIpc) is 3.32. The molecule has 2 fully saturated rings. The summed E-state index contributed by atoms with van der Waals surface area (Å²) in [5.74, 6) is 0.599. The minimum absolute atomic E-state index is 0. The second-order valence-corrected chi connectivity index (χ2v) is 14.1. The molecule has 0 aliphatic heterocycles. The molecule has 2 aliphatic rings. The Kier molecular flexibility index (Phi) is 37.5. The van der Waals surface area contributed by atoms with Gasteiger partial charge in [-0.25, -0.2) is 0 Å². The molecule has 2 aliphatic carbocycles. The Morgan fingerprint density at radius 1 is 0.968 bits per heavy atom. The van der Waals surface area contributed by atoms with Gasteiger partial charge in [0.15, 0.2) is 8.24 Å². The van der Waals surface area contributed by atoms with E-state index in [1.165, 1.54) is 62.4 Å². The molecule has 0 aromatic carbocycles. The molecule has 2 saturated carbocycles. The first-order valence-corrected chi connectivity index (χ1v) is 15.8. The molecular weight excluding hydrogens is 523 g/mol. The van der Waals surface area contributed by atoms with E-state index in [9.17, 15) is 0 Å². The Bertz CT molecular complexity index is 477. The van der Waals surface area contributed by atoms with E-state index in [2.05, 4.69) is 56.4 Å². The number of aromatic nitrogens is 1. The van der Waals surface area contributed by atoms with Crippen molar-refractivity contribution >= 4 is 33.7 Å². The summed E-state index contributed by atoms with van der Waals surface area (Å²) >= 11 is -0.181.